The van der Waals surface area contributed by atoms with Gasteiger partial charge in [0.1, 0.15) is 0 Å². The highest BCUT2D eigenvalue weighted by molar-refractivity contribution is 4.97. The maximum Gasteiger partial charge on any atom is 0.0177 e. The molecule has 72 valence electrons. The summed E-state index contributed by atoms with van der Waals surface area (Å²) in [5, 5.41) is 0. The van der Waals surface area contributed by atoms with Gasteiger partial charge in [-0.3, -0.25) is 0 Å². The summed E-state index contributed by atoms with van der Waals surface area (Å²) in [4.78, 5) is 0. The van der Waals surface area contributed by atoms with E-state index in [4.69, 9.17) is 5.73 Å². The molecule has 12 heavy (non-hydrogen) atoms. The van der Waals surface area contributed by atoms with Crippen LogP contribution in [0.25, 0.3) is 0 Å². The highest BCUT2D eigenvalue weighted by Crippen LogP contribution is 2.32. The van der Waals surface area contributed by atoms with Crippen molar-refractivity contribution < 1.29 is 0 Å². The van der Waals surface area contributed by atoms with Crippen LogP contribution in [0, 0.1) is 5.41 Å². The lowest BCUT2D eigenvalue weighted by atomic mass is 9.73. The standard InChI is InChI=1S/C11H23N/c1-9(2)7-8-11(6,12)10(3,4)5/h1,7-8,12H2,2-6H3. The van der Waals surface area contributed by atoms with E-state index in [0.29, 0.717) is 0 Å². The molecule has 1 unspecified atom stereocenters. The predicted octanol–water partition coefficient (Wildman–Crippen LogP) is 3.11. The number of hydrogen-bond donors (Lipinski definition) is 1. The third kappa shape index (κ3) is 3.40. The van der Waals surface area contributed by atoms with Crippen molar-refractivity contribution in [2.24, 2.45) is 11.1 Å². The van der Waals surface area contributed by atoms with Crippen LogP contribution in [-0.2, 0) is 0 Å². The SMILES string of the molecule is C=C(C)CCC(C)(N)C(C)(C)C. The van der Waals surface area contributed by atoms with Crippen LogP contribution in [0.2, 0.25) is 0 Å². The first-order valence-electron chi connectivity index (χ1n) is 4.60. The van der Waals surface area contributed by atoms with Crippen molar-refractivity contribution in [1.29, 1.82) is 0 Å². The molecule has 0 aromatic rings. The van der Waals surface area contributed by atoms with Crippen molar-refractivity contribution in [2.45, 2.75) is 53.0 Å². The zero-order chi connectivity index (χ0) is 9.99. The molecule has 0 aromatic heterocycles. The second-order valence-electron chi connectivity index (χ2n) is 5.12. The molecule has 1 nitrogen and oxygen atoms in total. The third-order valence-electron chi connectivity index (χ3n) is 2.78. The summed E-state index contributed by atoms with van der Waals surface area (Å²) in [5.74, 6) is 0. The van der Waals surface area contributed by atoms with E-state index in [1.807, 2.05) is 0 Å². The molecular weight excluding hydrogens is 146 g/mol. The van der Waals surface area contributed by atoms with Gasteiger partial charge in [0, 0.05) is 5.54 Å². The fourth-order valence-electron chi connectivity index (χ4n) is 0.848. The summed E-state index contributed by atoms with van der Waals surface area (Å²) in [5.41, 5.74) is 7.50. The Hall–Kier alpha value is -0.300. The molecule has 0 amide bonds. The van der Waals surface area contributed by atoms with E-state index >= 15 is 0 Å². The maximum absolute atomic E-state index is 6.20. The summed E-state index contributed by atoms with van der Waals surface area (Å²) >= 11 is 0. The molecule has 0 aliphatic rings. The monoisotopic (exact) mass is 169 g/mol. The lowest BCUT2D eigenvalue weighted by Crippen LogP contribution is -2.48. The first-order valence-corrected chi connectivity index (χ1v) is 4.60. The summed E-state index contributed by atoms with van der Waals surface area (Å²) < 4.78 is 0. The summed E-state index contributed by atoms with van der Waals surface area (Å²) in [7, 11) is 0. The highest BCUT2D eigenvalue weighted by atomic mass is 14.8. The van der Waals surface area contributed by atoms with Crippen molar-refractivity contribution >= 4 is 0 Å². The molecule has 0 saturated carbocycles. The van der Waals surface area contributed by atoms with Crippen LogP contribution >= 0.6 is 0 Å². The zero-order valence-electron chi connectivity index (χ0n) is 9.20. The van der Waals surface area contributed by atoms with Gasteiger partial charge in [-0.05, 0) is 32.1 Å². The molecule has 0 bridgehead atoms. The van der Waals surface area contributed by atoms with Crippen LogP contribution in [0.5, 0.6) is 0 Å². The topological polar surface area (TPSA) is 26.0 Å². The molecule has 0 radical (unpaired) electrons. The molecule has 0 fully saturated rings. The normalized spacial score (nSPS) is 17.2. The van der Waals surface area contributed by atoms with Crippen molar-refractivity contribution in [3.05, 3.63) is 12.2 Å². The Morgan fingerprint density at radius 2 is 1.67 bits per heavy atom. The van der Waals surface area contributed by atoms with Gasteiger partial charge in [0.15, 0.2) is 0 Å². The van der Waals surface area contributed by atoms with Crippen LogP contribution in [0.4, 0.5) is 0 Å². The lowest BCUT2D eigenvalue weighted by molar-refractivity contribution is 0.195. The van der Waals surface area contributed by atoms with Crippen molar-refractivity contribution in [2.75, 3.05) is 0 Å². The van der Waals surface area contributed by atoms with Gasteiger partial charge in [0.25, 0.3) is 0 Å². The van der Waals surface area contributed by atoms with Gasteiger partial charge in [-0.15, -0.1) is 6.58 Å². The number of nitrogens with two attached hydrogens (primary N) is 1. The average Bonchev–Trinajstić information content (AvgIpc) is 1.81. The first-order chi connectivity index (χ1) is 5.17. The van der Waals surface area contributed by atoms with E-state index in [0.717, 1.165) is 12.8 Å². The van der Waals surface area contributed by atoms with Gasteiger partial charge < -0.3 is 5.73 Å². The minimum absolute atomic E-state index is 0.0913. The van der Waals surface area contributed by atoms with Crippen LogP contribution in [-0.4, -0.2) is 5.54 Å². The molecular formula is C11H23N. The average molecular weight is 169 g/mol. The molecule has 0 aromatic carbocycles. The minimum atomic E-state index is -0.0913. The molecule has 1 heteroatoms. The first kappa shape index (κ1) is 11.7. The van der Waals surface area contributed by atoms with E-state index in [1.54, 1.807) is 0 Å². The minimum Gasteiger partial charge on any atom is -0.325 e. The van der Waals surface area contributed by atoms with Crippen molar-refractivity contribution in [1.82, 2.24) is 0 Å². The molecule has 2 N–H and O–H groups in total. The Labute approximate surface area is 77.0 Å². The van der Waals surface area contributed by atoms with Gasteiger partial charge in [0.05, 0.1) is 0 Å². The van der Waals surface area contributed by atoms with Crippen molar-refractivity contribution in [3.8, 4) is 0 Å². The van der Waals surface area contributed by atoms with Gasteiger partial charge in [0.2, 0.25) is 0 Å². The molecule has 0 spiro atoms. The predicted molar refractivity (Wildman–Crippen MR) is 56.1 cm³/mol. The van der Waals surface area contributed by atoms with Gasteiger partial charge in [-0.1, -0.05) is 26.3 Å². The maximum atomic E-state index is 6.20. The Bertz CT molecular complexity index is 160. The smallest absolute Gasteiger partial charge is 0.0177 e. The number of allylic oxidation sites excluding steroid dienone is 1. The van der Waals surface area contributed by atoms with E-state index in [1.165, 1.54) is 5.57 Å². The Morgan fingerprint density at radius 3 is 1.92 bits per heavy atom. The highest BCUT2D eigenvalue weighted by Gasteiger charge is 2.32. The van der Waals surface area contributed by atoms with Crippen LogP contribution in [0.3, 0.4) is 0 Å². The molecule has 1 atom stereocenters. The Balaban J connectivity index is 4.14. The van der Waals surface area contributed by atoms with E-state index in [2.05, 4.69) is 41.2 Å². The lowest BCUT2D eigenvalue weighted by Gasteiger charge is -2.38. The zero-order valence-corrected chi connectivity index (χ0v) is 9.20. The van der Waals surface area contributed by atoms with Crippen LogP contribution in [0.15, 0.2) is 12.2 Å². The molecule has 0 saturated heterocycles. The summed E-state index contributed by atoms with van der Waals surface area (Å²) in [6, 6.07) is 0. The fraction of sp³-hybridized carbons (Fsp3) is 0.818. The van der Waals surface area contributed by atoms with Gasteiger partial charge >= 0.3 is 0 Å². The van der Waals surface area contributed by atoms with Crippen molar-refractivity contribution in [3.63, 3.8) is 0 Å². The van der Waals surface area contributed by atoms with Gasteiger partial charge in [-0.25, -0.2) is 0 Å². The second kappa shape index (κ2) is 3.61. The van der Waals surface area contributed by atoms with E-state index < -0.39 is 0 Å². The summed E-state index contributed by atoms with van der Waals surface area (Å²) in [6.07, 6.45) is 2.05. The number of hydrogen-bond acceptors (Lipinski definition) is 1. The third-order valence-corrected chi connectivity index (χ3v) is 2.78. The Morgan fingerprint density at radius 1 is 1.25 bits per heavy atom. The largest absolute Gasteiger partial charge is 0.325 e. The Kier molecular flexibility index (Phi) is 3.52. The molecule has 0 aliphatic heterocycles. The van der Waals surface area contributed by atoms with E-state index in [-0.39, 0.29) is 11.0 Å². The quantitative estimate of drug-likeness (QED) is 0.645. The van der Waals surface area contributed by atoms with E-state index in [9.17, 15) is 0 Å². The second-order valence-corrected chi connectivity index (χ2v) is 5.12. The van der Waals surface area contributed by atoms with Gasteiger partial charge in [-0.2, -0.15) is 0 Å². The summed E-state index contributed by atoms with van der Waals surface area (Å²) in [6.45, 7) is 14.6. The number of rotatable bonds is 3. The van der Waals surface area contributed by atoms with Crippen LogP contribution in [0.1, 0.15) is 47.5 Å². The van der Waals surface area contributed by atoms with Crippen LogP contribution < -0.4 is 5.73 Å². The molecule has 0 aliphatic carbocycles. The molecule has 0 rings (SSSR count). The molecule has 0 heterocycles. The fourth-order valence-corrected chi connectivity index (χ4v) is 0.848.